The van der Waals surface area contributed by atoms with Crippen LogP contribution in [0.1, 0.15) is 56.2 Å². The van der Waals surface area contributed by atoms with Crippen LogP contribution in [0.15, 0.2) is 32.4 Å². The second kappa shape index (κ2) is 8.83. The molecule has 0 saturated carbocycles. The molecule has 0 radical (unpaired) electrons. The van der Waals surface area contributed by atoms with E-state index in [0.717, 1.165) is 34.9 Å². The lowest BCUT2D eigenvalue weighted by Gasteiger charge is -2.20. The fourth-order valence-electron chi connectivity index (χ4n) is 3.85. The van der Waals surface area contributed by atoms with Crippen molar-refractivity contribution in [1.82, 2.24) is 9.55 Å². The first-order chi connectivity index (χ1) is 14.6. The predicted molar refractivity (Wildman–Crippen MR) is 123 cm³/mol. The Morgan fingerprint density at radius 1 is 1.29 bits per heavy atom. The predicted octanol–water partition coefficient (Wildman–Crippen LogP) is 3.30. The van der Waals surface area contributed by atoms with Gasteiger partial charge in [-0.25, -0.2) is 4.79 Å². The van der Waals surface area contributed by atoms with E-state index in [9.17, 15) is 14.4 Å². The van der Waals surface area contributed by atoms with Crippen LogP contribution in [-0.2, 0) is 17.8 Å². The molecule has 2 heterocycles. The van der Waals surface area contributed by atoms with Crippen molar-refractivity contribution in [3.63, 3.8) is 0 Å². The van der Waals surface area contributed by atoms with Gasteiger partial charge in [0.05, 0.1) is 12.7 Å². The normalized spacial score (nSPS) is 11.4. The minimum Gasteiger partial charge on any atom is -0.464 e. The Hall–Kier alpha value is -3.29. The largest absolute Gasteiger partial charge is 0.464 e. The van der Waals surface area contributed by atoms with Crippen LogP contribution in [0.2, 0.25) is 0 Å². The number of likely N-dealkylation sites (N-methyl/N-ethyl adjacent to an activating group) is 1. The van der Waals surface area contributed by atoms with Crippen molar-refractivity contribution < 1.29 is 9.21 Å². The van der Waals surface area contributed by atoms with Crippen molar-refractivity contribution in [3.05, 3.63) is 55.9 Å². The number of rotatable bonds is 7. The zero-order chi connectivity index (χ0) is 22.9. The summed E-state index contributed by atoms with van der Waals surface area (Å²) in [5.41, 5.74) is 8.65. The number of anilines is 2. The molecular weight excluding hydrogens is 396 g/mol. The van der Waals surface area contributed by atoms with Gasteiger partial charge in [-0.15, -0.1) is 0 Å². The maximum Gasteiger partial charge on any atom is 0.330 e. The smallest absolute Gasteiger partial charge is 0.330 e. The van der Waals surface area contributed by atoms with E-state index < -0.39 is 11.2 Å². The molecule has 0 aliphatic rings. The number of carbonyl (C=O) groups excluding carboxylic acids is 1. The molecule has 31 heavy (non-hydrogen) atoms. The van der Waals surface area contributed by atoms with Crippen LogP contribution >= 0.6 is 0 Å². The van der Waals surface area contributed by atoms with Crippen LogP contribution < -0.4 is 21.9 Å². The highest BCUT2D eigenvalue weighted by Gasteiger charge is 2.22. The maximum atomic E-state index is 13.0. The minimum absolute atomic E-state index is 0.00665. The van der Waals surface area contributed by atoms with Crippen molar-refractivity contribution >= 4 is 28.4 Å². The molecular formula is C23H30N4O4. The highest BCUT2D eigenvalue weighted by atomic mass is 16.3. The number of H-pyrrole nitrogens is 1. The number of fused-ring (bicyclic) bond motifs is 1. The summed E-state index contributed by atoms with van der Waals surface area (Å²) in [6, 6.07) is 4.04. The van der Waals surface area contributed by atoms with Crippen molar-refractivity contribution in [1.29, 1.82) is 0 Å². The van der Waals surface area contributed by atoms with Crippen LogP contribution in [0.5, 0.6) is 0 Å². The lowest BCUT2D eigenvalue weighted by Crippen LogP contribution is -2.39. The number of nitrogens with two attached hydrogens (primary N) is 1. The van der Waals surface area contributed by atoms with Crippen molar-refractivity contribution in [3.8, 4) is 0 Å². The zero-order valence-corrected chi connectivity index (χ0v) is 18.7. The van der Waals surface area contributed by atoms with Gasteiger partial charge >= 0.3 is 5.69 Å². The average molecular weight is 427 g/mol. The van der Waals surface area contributed by atoms with E-state index in [1.54, 1.807) is 6.26 Å². The number of nitrogens with one attached hydrogen (secondary N) is 1. The molecule has 3 rings (SSSR count). The third-order valence-corrected chi connectivity index (χ3v) is 5.66. The average Bonchev–Trinajstić information content (AvgIpc) is 3.08. The highest BCUT2D eigenvalue weighted by Crippen LogP contribution is 2.29. The number of hydrogen-bond acceptors (Lipinski definition) is 5. The lowest BCUT2D eigenvalue weighted by molar-refractivity contribution is -0.117. The Balaban J connectivity index is 1.95. The Bertz CT molecular complexity index is 1230. The second-order valence-electron chi connectivity index (χ2n) is 8.25. The van der Waals surface area contributed by atoms with Gasteiger partial charge in [0.25, 0.3) is 5.56 Å². The number of aromatic nitrogens is 2. The van der Waals surface area contributed by atoms with Gasteiger partial charge < -0.3 is 15.1 Å². The summed E-state index contributed by atoms with van der Waals surface area (Å²) in [5, 5.41) is 0.880. The number of benzene rings is 1. The van der Waals surface area contributed by atoms with E-state index in [1.807, 2.05) is 19.9 Å². The van der Waals surface area contributed by atoms with E-state index in [2.05, 4.69) is 24.9 Å². The molecule has 8 nitrogen and oxygen atoms in total. The topological polar surface area (TPSA) is 114 Å². The molecule has 0 aliphatic heterocycles. The summed E-state index contributed by atoms with van der Waals surface area (Å²) < 4.78 is 6.97. The van der Waals surface area contributed by atoms with Crippen LogP contribution in [0, 0.1) is 6.92 Å². The summed E-state index contributed by atoms with van der Waals surface area (Å²) in [4.78, 5) is 41.1. The van der Waals surface area contributed by atoms with E-state index in [-0.39, 0.29) is 23.8 Å². The molecule has 0 unspecified atom stereocenters. The first-order valence-corrected chi connectivity index (χ1v) is 10.5. The molecule has 8 heteroatoms. The zero-order valence-electron chi connectivity index (χ0n) is 18.7. The molecule has 0 saturated heterocycles. The maximum absolute atomic E-state index is 13.0. The van der Waals surface area contributed by atoms with Crippen molar-refractivity contribution in [2.75, 3.05) is 17.7 Å². The summed E-state index contributed by atoms with van der Waals surface area (Å²) >= 11 is 0. The Labute approximate surface area is 180 Å². The number of aryl methyl sites for hydroxylation is 1. The van der Waals surface area contributed by atoms with E-state index in [1.165, 1.54) is 22.1 Å². The van der Waals surface area contributed by atoms with Crippen LogP contribution in [0.4, 0.5) is 11.5 Å². The summed E-state index contributed by atoms with van der Waals surface area (Å²) in [5.74, 6) is 0.00753. The molecule has 1 amide bonds. The Kier molecular flexibility index (Phi) is 6.38. The molecule has 1 aromatic carbocycles. The number of aromatic amines is 1. The summed E-state index contributed by atoms with van der Waals surface area (Å²) in [6.45, 7) is 8.64. The number of unbranched alkanes of at least 4 members (excludes halogenated alkanes) is 1. The van der Waals surface area contributed by atoms with Gasteiger partial charge in [0.2, 0.25) is 5.91 Å². The van der Waals surface area contributed by atoms with Gasteiger partial charge in [0, 0.05) is 24.5 Å². The Morgan fingerprint density at radius 3 is 2.65 bits per heavy atom. The number of furan rings is 1. The standard InChI is InChI=1S/C23H30N4O4/c1-6-7-8-27-21(24)20(22(29)25-23(27)30)26(5)19(28)10-15-12-31-18-9-14(4)16(13(2)3)11-17(15)18/h9,11-13H,6-8,10,24H2,1-5H3,(H,25,29,30). The van der Waals surface area contributed by atoms with E-state index >= 15 is 0 Å². The first kappa shape index (κ1) is 22.4. The summed E-state index contributed by atoms with van der Waals surface area (Å²) in [7, 11) is 1.49. The summed E-state index contributed by atoms with van der Waals surface area (Å²) in [6.07, 6.45) is 3.21. The molecule has 0 fully saturated rings. The van der Waals surface area contributed by atoms with Crippen molar-refractivity contribution in [2.45, 2.75) is 59.4 Å². The SMILES string of the molecule is CCCCn1c(N)c(N(C)C(=O)Cc2coc3cc(C)c(C(C)C)cc23)c(=O)[nH]c1=O. The molecule has 0 aliphatic carbocycles. The molecule has 3 N–H and O–H groups in total. The van der Waals surface area contributed by atoms with Crippen LogP contribution in [0.3, 0.4) is 0 Å². The van der Waals surface area contributed by atoms with Crippen LogP contribution in [0.25, 0.3) is 11.0 Å². The molecule has 0 bridgehead atoms. The van der Waals surface area contributed by atoms with E-state index in [0.29, 0.717) is 12.5 Å². The minimum atomic E-state index is -0.680. The van der Waals surface area contributed by atoms with Crippen LogP contribution in [-0.4, -0.2) is 22.5 Å². The third-order valence-electron chi connectivity index (χ3n) is 5.66. The van der Waals surface area contributed by atoms with Gasteiger partial charge in [0.15, 0.2) is 5.69 Å². The third kappa shape index (κ3) is 4.28. The molecule has 166 valence electrons. The van der Waals surface area contributed by atoms with Gasteiger partial charge in [-0.2, -0.15) is 0 Å². The molecule has 0 spiro atoms. The quantitative estimate of drug-likeness (QED) is 0.602. The van der Waals surface area contributed by atoms with Gasteiger partial charge in [-0.05, 0) is 42.5 Å². The van der Waals surface area contributed by atoms with Gasteiger partial charge in [-0.1, -0.05) is 27.2 Å². The highest BCUT2D eigenvalue weighted by molar-refractivity contribution is 5.98. The number of nitrogen functional groups attached to an aromatic ring is 1. The first-order valence-electron chi connectivity index (χ1n) is 10.5. The van der Waals surface area contributed by atoms with Gasteiger partial charge in [0.1, 0.15) is 11.4 Å². The second-order valence-corrected chi connectivity index (χ2v) is 8.25. The van der Waals surface area contributed by atoms with E-state index in [4.69, 9.17) is 10.2 Å². The fraction of sp³-hybridized carbons (Fsp3) is 0.435. The fourth-order valence-corrected chi connectivity index (χ4v) is 3.85. The number of nitrogens with zero attached hydrogens (tertiary/aromatic N) is 2. The van der Waals surface area contributed by atoms with Gasteiger partial charge in [-0.3, -0.25) is 19.1 Å². The monoisotopic (exact) mass is 426 g/mol. The van der Waals surface area contributed by atoms with Crippen molar-refractivity contribution in [2.24, 2.45) is 0 Å². The molecule has 2 aromatic heterocycles. The lowest BCUT2D eigenvalue weighted by atomic mass is 9.95. The number of carbonyl (C=O) groups is 1. The molecule has 3 aromatic rings. The Morgan fingerprint density at radius 2 is 2.00 bits per heavy atom. The number of amides is 1. The molecule has 0 atom stereocenters. The number of hydrogen-bond donors (Lipinski definition) is 2.